The molecular weight excluding hydrogens is 222 g/mol. The van der Waals surface area contributed by atoms with Crippen molar-refractivity contribution in [3.63, 3.8) is 0 Å². The Bertz CT molecular complexity index is 337. The monoisotopic (exact) mass is 241 g/mol. The Morgan fingerprint density at radius 1 is 1.25 bits per heavy atom. The van der Waals surface area contributed by atoms with Crippen LogP contribution in [0.5, 0.6) is 0 Å². The maximum Gasteiger partial charge on any atom is 0.138 e. The maximum atomic E-state index is 6.07. The Morgan fingerprint density at radius 2 is 1.94 bits per heavy atom. The first-order chi connectivity index (χ1) is 7.52. The van der Waals surface area contributed by atoms with E-state index in [-0.39, 0.29) is 0 Å². The lowest BCUT2D eigenvalue weighted by Gasteiger charge is -2.14. The van der Waals surface area contributed by atoms with Crippen molar-refractivity contribution in [3.8, 4) is 0 Å². The van der Waals surface area contributed by atoms with Gasteiger partial charge in [-0.2, -0.15) is 0 Å². The molecule has 0 aromatic carbocycles. The molecule has 90 valence electrons. The summed E-state index contributed by atoms with van der Waals surface area (Å²) in [6, 6.07) is 0. The first-order valence-corrected chi connectivity index (χ1v) is 6.14. The van der Waals surface area contributed by atoms with Gasteiger partial charge in [0.25, 0.3) is 0 Å². The third-order valence-corrected chi connectivity index (χ3v) is 2.73. The van der Waals surface area contributed by atoms with Crippen LogP contribution in [0.2, 0.25) is 5.15 Å². The Kier molecular flexibility index (Phi) is 5.00. The van der Waals surface area contributed by atoms with Gasteiger partial charge in [-0.1, -0.05) is 39.3 Å². The van der Waals surface area contributed by atoms with Crippen LogP contribution in [0.25, 0.3) is 0 Å². The molecule has 0 saturated heterocycles. The summed E-state index contributed by atoms with van der Waals surface area (Å²) in [4.78, 5) is 8.27. The van der Waals surface area contributed by atoms with E-state index >= 15 is 0 Å². The van der Waals surface area contributed by atoms with Gasteiger partial charge >= 0.3 is 0 Å². The molecular formula is C12H20ClN3. The van der Waals surface area contributed by atoms with Gasteiger partial charge in [-0.3, -0.25) is 0 Å². The van der Waals surface area contributed by atoms with Crippen LogP contribution in [-0.4, -0.2) is 16.5 Å². The second kappa shape index (κ2) is 6.04. The van der Waals surface area contributed by atoms with E-state index in [1.165, 1.54) is 6.33 Å². The summed E-state index contributed by atoms with van der Waals surface area (Å²) in [7, 11) is 0. The van der Waals surface area contributed by atoms with Crippen molar-refractivity contribution < 1.29 is 0 Å². The fourth-order valence-corrected chi connectivity index (χ4v) is 1.86. The van der Waals surface area contributed by atoms with E-state index in [0.717, 1.165) is 24.3 Å². The van der Waals surface area contributed by atoms with Gasteiger partial charge in [-0.05, 0) is 18.3 Å². The standard InChI is InChI=1S/C12H20ClN3/c1-8(2)5-6-14-12-10(9(3)4)11(13)15-7-16-12/h7-9H,5-6H2,1-4H3,(H,14,15,16). The molecule has 1 aromatic heterocycles. The van der Waals surface area contributed by atoms with Crippen LogP contribution in [0.3, 0.4) is 0 Å². The van der Waals surface area contributed by atoms with Crippen molar-refractivity contribution in [1.29, 1.82) is 0 Å². The number of hydrogen-bond donors (Lipinski definition) is 1. The lowest BCUT2D eigenvalue weighted by molar-refractivity contribution is 0.606. The van der Waals surface area contributed by atoms with Gasteiger partial charge in [0.2, 0.25) is 0 Å². The summed E-state index contributed by atoms with van der Waals surface area (Å²) >= 11 is 6.07. The van der Waals surface area contributed by atoms with Crippen molar-refractivity contribution in [2.75, 3.05) is 11.9 Å². The highest BCUT2D eigenvalue weighted by Gasteiger charge is 2.12. The van der Waals surface area contributed by atoms with Gasteiger partial charge in [0.1, 0.15) is 17.3 Å². The van der Waals surface area contributed by atoms with E-state index in [9.17, 15) is 0 Å². The molecule has 16 heavy (non-hydrogen) atoms. The third-order valence-electron chi connectivity index (χ3n) is 2.43. The molecule has 0 spiro atoms. The zero-order chi connectivity index (χ0) is 12.1. The molecule has 1 heterocycles. The van der Waals surface area contributed by atoms with Crippen LogP contribution >= 0.6 is 11.6 Å². The number of nitrogens with zero attached hydrogens (tertiary/aromatic N) is 2. The fourth-order valence-electron chi connectivity index (χ4n) is 1.51. The molecule has 1 rings (SSSR count). The van der Waals surface area contributed by atoms with Crippen LogP contribution in [0.15, 0.2) is 6.33 Å². The fraction of sp³-hybridized carbons (Fsp3) is 0.667. The van der Waals surface area contributed by atoms with Crippen LogP contribution in [0, 0.1) is 5.92 Å². The molecule has 4 heteroatoms. The first-order valence-electron chi connectivity index (χ1n) is 5.76. The van der Waals surface area contributed by atoms with Gasteiger partial charge in [-0.15, -0.1) is 0 Å². The highest BCUT2D eigenvalue weighted by Crippen LogP contribution is 2.27. The minimum Gasteiger partial charge on any atom is -0.370 e. The van der Waals surface area contributed by atoms with Gasteiger partial charge in [0.05, 0.1) is 0 Å². The molecule has 1 N–H and O–H groups in total. The largest absolute Gasteiger partial charge is 0.370 e. The Labute approximate surface area is 103 Å². The maximum absolute atomic E-state index is 6.07. The van der Waals surface area contributed by atoms with Crippen LogP contribution in [0.1, 0.15) is 45.6 Å². The molecule has 0 fully saturated rings. The molecule has 0 saturated carbocycles. The lowest BCUT2D eigenvalue weighted by Crippen LogP contribution is -2.10. The molecule has 0 aliphatic carbocycles. The third kappa shape index (κ3) is 3.63. The number of nitrogens with one attached hydrogen (secondary N) is 1. The summed E-state index contributed by atoms with van der Waals surface area (Å²) in [6.07, 6.45) is 2.63. The molecule has 0 amide bonds. The predicted molar refractivity (Wildman–Crippen MR) is 69.1 cm³/mol. The molecule has 1 aromatic rings. The summed E-state index contributed by atoms with van der Waals surface area (Å²) in [5, 5.41) is 3.88. The molecule has 0 aliphatic heterocycles. The zero-order valence-corrected chi connectivity index (χ0v) is 11.2. The summed E-state index contributed by atoms with van der Waals surface area (Å²) < 4.78 is 0. The zero-order valence-electron chi connectivity index (χ0n) is 10.4. The summed E-state index contributed by atoms with van der Waals surface area (Å²) in [5.74, 6) is 1.89. The Morgan fingerprint density at radius 3 is 2.50 bits per heavy atom. The minimum atomic E-state index is 0.329. The summed E-state index contributed by atoms with van der Waals surface area (Å²) in [6.45, 7) is 9.52. The smallest absolute Gasteiger partial charge is 0.138 e. The SMILES string of the molecule is CC(C)CCNc1ncnc(Cl)c1C(C)C. The number of halogens is 1. The average molecular weight is 242 g/mol. The predicted octanol–water partition coefficient (Wildman–Crippen LogP) is 3.71. The number of aromatic nitrogens is 2. The van der Waals surface area contributed by atoms with E-state index in [4.69, 9.17) is 11.6 Å². The van der Waals surface area contributed by atoms with Crippen molar-refractivity contribution >= 4 is 17.4 Å². The van der Waals surface area contributed by atoms with Crippen molar-refractivity contribution in [2.24, 2.45) is 5.92 Å². The molecule has 3 nitrogen and oxygen atoms in total. The van der Waals surface area contributed by atoms with E-state index in [1.54, 1.807) is 0 Å². The number of anilines is 1. The van der Waals surface area contributed by atoms with E-state index in [1.807, 2.05) is 0 Å². The average Bonchev–Trinajstić information content (AvgIpc) is 2.16. The molecule has 0 radical (unpaired) electrons. The number of rotatable bonds is 5. The Hall–Kier alpha value is -0.830. The molecule has 0 bridgehead atoms. The van der Waals surface area contributed by atoms with Gasteiger partial charge < -0.3 is 5.32 Å². The highest BCUT2D eigenvalue weighted by atomic mass is 35.5. The quantitative estimate of drug-likeness (QED) is 0.799. The van der Waals surface area contributed by atoms with Crippen molar-refractivity contribution in [2.45, 2.75) is 40.0 Å². The topological polar surface area (TPSA) is 37.8 Å². The van der Waals surface area contributed by atoms with Gasteiger partial charge in [0, 0.05) is 12.1 Å². The second-order valence-corrected chi connectivity index (χ2v) is 5.05. The second-order valence-electron chi connectivity index (χ2n) is 4.69. The first kappa shape index (κ1) is 13.2. The number of hydrogen-bond acceptors (Lipinski definition) is 3. The van der Waals surface area contributed by atoms with Crippen LogP contribution < -0.4 is 5.32 Å². The van der Waals surface area contributed by atoms with Gasteiger partial charge in [-0.25, -0.2) is 9.97 Å². The van der Waals surface area contributed by atoms with E-state index < -0.39 is 0 Å². The van der Waals surface area contributed by atoms with E-state index in [0.29, 0.717) is 17.0 Å². The minimum absolute atomic E-state index is 0.329. The molecule has 0 aliphatic rings. The van der Waals surface area contributed by atoms with Crippen molar-refractivity contribution in [1.82, 2.24) is 9.97 Å². The lowest BCUT2D eigenvalue weighted by atomic mass is 10.1. The van der Waals surface area contributed by atoms with Gasteiger partial charge in [0.15, 0.2) is 0 Å². The van der Waals surface area contributed by atoms with Crippen LogP contribution in [0.4, 0.5) is 5.82 Å². The molecule has 0 unspecified atom stereocenters. The molecule has 0 atom stereocenters. The van der Waals surface area contributed by atoms with E-state index in [2.05, 4.69) is 43.0 Å². The van der Waals surface area contributed by atoms with Crippen molar-refractivity contribution in [3.05, 3.63) is 17.0 Å². The Balaban J connectivity index is 2.75. The summed E-state index contributed by atoms with van der Waals surface area (Å²) in [5.41, 5.74) is 1.01. The highest BCUT2D eigenvalue weighted by molar-refractivity contribution is 6.30. The van der Waals surface area contributed by atoms with Crippen LogP contribution in [-0.2, 0) is 0 Å². The normalized spacial score (nSPS) is 11.2.